The van der Waals surface area contributed by atoms with Crippen molar-refractivity contribution in [2.75, 3.05) is 25.0 Å². The van der Waals surface area contributed by atoms with Gasteiger partial charge >= 0.3 is 0 Å². The van der Waals surface area contributed by atoms with Gasteiger partial charge in [0.15, 0.2) is 0 Å². The van der Waals surface area contributed by atoms with Gasteiger partial charge in [0, 0.05) is 17.1 Å². The number of halogens is 2. The average molecular weight is 344 g/mol. The smallest absolute Gasteiger partial charge is 0.238 e. The minimum Gasteiger partial charge on any atom is -0.326 e. The van der Waals surface area contributed by atoms with Crippen LogP contribution in [0, 0.1) is 11.7 Å². The van der Waals surface area contributed by atoms with Crippen LogP contribution < -0.4 is 11.1 Å². The van der Waals surface area contributed by atoms with E-state index in [-0.39, 0.29) is 24.2 Å². The fourth-order valence-electron chi connectivity index (χ4n) is 2.30. The number of hydrogen-bond acceptors (Lipinski definition) is 3. The molecule has 0 bridgehead atoms. The quantitative estimate of drug-likeness (QED) is 0.884. The van der Waals surface area contributed by atoms with Gasteiger partial charge in [-0.05, 0) is 37.1 Å². The van der Waals surface area contributed by atoms with Crippen LogP contribution in [0.25, 0.3) is 0 Å². The molecule has 1 aliphatic rings. The van der Waals surface area contributed by atoms with Crippen molar-refractivity contribution in [3.8, 4) is 0 Å². The zero-order valence-electron chi connectivity index (χ0n) is 11.4. The molecule has 1 saturated heterocycles. The summed E-state index contributed by atoms with van der Waals surface area (Å²) in [6, 6.07) is 4.66. The van der Waals surface area contributed by atoms with E-state index >= 15 is 0 Å². The summed E-state index contributed by atoms with van der Waals surface area (Å²) < 4.78 is 14.3. The fourth-order valence-corrected chi connectivity index (χ4v) is 2.63. The van der Waals surface area contributed by atoms with Crippen molar-refractivity contribution < 1.29 is 9.18 Å². The molecule has 1 fully saturated rings. The molecule has 0 saturated carbocycles. The second-order valence-corrected chi connectivity index (χ2v) is 6.25. The Balaban J connectivity index is 1.89. The number of benzene rings is 1. The van der Waals surface area contributed by atoms with Crippen molar-refractivity contribution in [3.05, 3.63) is 28.5 Å². The Kier molecular flexibility index (Phi) is 5.12. The molecule has 1 amide bonds. The number of piperidine rings is 1. The third kappa shape index (κ3) is 4.01. The molecular formula is C14H19BrFN3O. The van der Waals surface area contributed by atoms with Gasteiger partial charge in [-0.3, -0.25) is 9.69 Å². The first-order valence-corrected chi connectivity index (χ1v) is 7.48. The molecule has 2 unspecified atom stereocenters. The van der Waals surface area contributed by atoms with Gasteiger partial charge in [-0.2, -0.15) is 0 Å². The number of amides is 1. The summed E-state index contributed by atoms with van der Waals surface area (Å²) >= 11 is 3.18. The lowest BCUT2D eigenvalue weighted by Crippen LogP contribution is -2.49. The fraction of sp³-hybridized carbons (Fsp3) is 0.500. The molecule has 1 aromatic carbocycles. The number of nitrogens with two attached hydrogens (primary N) is 1. The lowest BCUT2D eigenvalue weighted by atomic mass is 9.94. The number of nitrogens with one attached hydrogen (secondary N) is 1. The van der Waals surface area contributed by atoms with E-state index in [9.17, 15) is 9.18 Å². The van der Waals surface area contributed by atoms with Crippen LogP contribution in [0.1, 0.15) is 13.3 Å². The summed E-state index contributed by atoms with van der Waals surface area (Å²) in [5.74, 6) is -0.178. The number of anilines is 1. The molecule has 110 valence electrons. The molecule has 6 heteroatoms. The van der Waals surface area contributed by atoms with E-state index in [1.54, 1.807) is 12.1 Å². The molecular weight excluding hydrogens is 325 g/mol. The highest BCUT2D eigenvalue weighted by Gasteiger charge is 2.24. The maximum absolute atomic E-state index is 13.6. The maximum Gasteiger partial charge on any atom is 0.238 e. The van der Waals surface area contributed by atoms with Crippen molar-refractivity contribution in [3.63, 3.8) is 0 Å². The highest BCUT2D eigenvalue weighted by molar-refractivity contribution is 9.10. The summed E-state index contributed by atoms with van der Waals surface area (Å²) in [7, 11) is 0. The zero-order valence-corrected chi connectivity index (χ0v) is 13.0. The Hall–Kier alpha value is -0.980. The van der Waals surface area contributed by atoms with Gasteiger partial charge < -0.3 is 11.1 Å². The Labute approximate surface area is 126 Å². The third-order valence-corrected chi connectivity index (χ3v) is 4.17. The summed E-state index contributed by atoms with van der Waals surface area (Å²) in [5, 5.41) is 2.59. The van der Waals surface area contributed by atoms with E-state index < -0.39 is 5.82 Å². The number of carbonyl (C=O) groups is 1. The standard InChI is InChI=1S/C14H19BrFN3O/c1-9-4-5-19(7-12(9)17)8-14(20)18-13-3-2-10(15)6-11(13)16/h2-3,6,9,12H,4-5,7-8,17H2,1H3,(H,18,20). The molecule has 2 atom stereocenters. The third-order valence-electron chi connectivity index (χ3n) is 3.67. The SMILES string of the molecule is CC1CCN(CC(=O)Nc2ccc(Br)cc2F)CC1N. The van der Waals surface area contributed by atoms with Gasteiger partial charge in [-0.25, -0.2) is 4.39 Å². The predicted octanol–water partition coefficient (Wildman–Crippen LogP) is 2.20. The molecule has 0 radical (unpaired) electrons. The van der Waals surface area contributed by atoms with E-state index in [4.69, 9.17) is 5.73 Å². The molecule has 1 aliphatic heterocycles. The van der Waals surface area contributed by atoms with Crippen molar-refractivity contribution in [2.24, 2.45) is 11.7 Å². The Morgan fingerprint density at radius 1 is 1.60 bits per heavy atom. The second kappa shape index (κ2) is 6.65. The summed E-state index contributed by atoms with van der Waals surface area (Å²) in [5.41, 5.74) is 6.20. The first-order chi connectivity index (χ1) is 9.45. The first kappa shape index (κ1) is 15.4. The number of nitrogens with zero attached hydrogens (tertiary/aromatic N) is 1. The highest BCUT2D eigenvalue weighted by atomic mass is 79.9. The lowest BCUT2D eigenvalue weighted by Gasteiger charge is -2.34. The number of rotatable bonds is 3. The van der Waals surface area contributed by atoms with Gasteiger partial charge in [0.25, 0.3) is 0 Å². The van der Waals surface area contributed by atoms with Crippen LogP contribution in [0.4, 0.5) is 10.1 Å². The van der Waals surface area contributed by atoms with Crippen molar-refractivity contribution >= 4 is 27.5 Å². The molecule has 1 heterocycles. The van der Waals surface area contributed by atoms with E-state index in [0.29, 0.717) is 16.9 Å². The van der Waals surface area contributed by atoms with Gasteiger partial charge in [-0.1, -0.05) is 22.9 Å². The van der Waals surface area contributed by atoms with Crippen LogP contribution in [-0.4, -0.2) is 36.5 Å². The van der Waals surface area contributed by atoms with Crippen LogP contribution in [0.3, 0.4) is 0 Å². The van der Waals surface area contributed by atoms with Gasteiger partial charge in [0.2, 0.25) is 5.91 Å². The molecule has 4 nitrogen and oxygen atoms in total. The van der Waals surface area contributed by atoms with E-state index in [1.807, 2.05) is 4.90 Å². The molecule has 0 spiro atoms. The van der Waals surface area contributed by atoms with Gasteiger partial charge in [-0.15, -0.1) is 0 Å². The summed E-state index contributed by atoms with van der Waals surface area (Å²) in [6.07, 6.45) is 0.987. The Morgan fingerprint density at radius 3 is 3.00 bits per heavy atom. The largest absolute Gasteiger partial charge is 0.326 e. The highest BCUT2D eigenvalue weighted by Crippen LogP contribution is 2.20. The molecule has 0 aromatic heterocycles. The number of likely N-dealkylation sites (tertiary alicyclic amines) is 1. The molecule has 20 heavy (non-hydrogen) atoms. The lowest BCUT2D eigenvalue weighted by molar-refractivity contribution is -0.117. The number of carbonyl (C=O) groups excluding carboxylic acids is 1. The molecule has 0 aliphatic carbocycles. The Morgan fingerprint density at radius 2 is 2.35 bits per heavy atom. The van der Waals surface area contributed by atoms with Crippen molar-refractivity contribution in [1.82, 2.24) is 4.90 Å². The number of hydrogen-bond donors (Lipinski definition) is 2. The van der Waals surface area contributed by atoms with Crippen molar-refractivity contribution in [1.29, 1.82) is 0 Å². The minimum atomic E-state index is -0.448. The summed E-state index contributed by atoms with van der Waals surface area (Å²) in [6.45, 7) is 3.93. The average Bonchev–Trinajstić information content (AvgIpc) is 2.37. The van der Waals surface area contributed by atoms with E-state index in [2.05, 4.69) is 28.2 Å². The topological polar surface area (TPSA) is 58.4 Å². The maximum atomic E-state index is 13.6. The molecule has 3 N–H and O–H groups in total. The van der Waals surface area contributed by atoms with Gasteiger partial charge in [0.05, 0.1) is 12.2 Å². The molecule has 2 rings (SSSR count). The van der Waals surface area contributed by atoms with Crippen LogP contribution in [0.15, 0.2) is 22.7 Å². The minimum absolute atomic E-state index is 0.0981. The van der Waals surface area contributed by atoms with E-state index in [0.717, 1.165) is 13.0 Å². The van der Waals surface area contributed by atoms with Crippen LogP contribution in [0.5, 0.6) is 0 Å². The van der Waals surface area contributed by atoms with E-state index in [1.165, 1.54) is 6.07 Å². The predicted molar refractivity (Wildman–Crippen MR) is 80.9 cm³/mol. The summed E-state index contributed by atoms with van der Waals surface area (Å²) in [4.78, 5) is 13.9. The first-order valence-electron chi connectivity index (χ1n) is 6.68. The van der Waals surface area contributed by atoms with Crippen LogP contribution in [-0.2, 0) is 4.79 Å². The van der Waals surface area contributed by atoms with Crippen LogP contribution >= 0.6 is 15.9 Å². The monoisotopic (exact) mass is 343 g/mol. The zero-order chi connectivity index (χ0) is 14.7. The second-order valence-electron chi connectivity index (χ2n) is 5.34. The van der Waals surface area contributed by atoms with Gasteiger partial charge in [0.1, 0.15) is 5.82 Å². The normalized spacial score (nSPS) is 23.6. The Bertz CT molecular complexity index is 497. The van der Waals surface area contributed by atoms with Crippen LogP contribution in [0.2, 0.25) is 0 Å². The van der Waals surface area contributed by atoms with Crippen molar-refractivity contribution in [2.45, 2.75) is 19.4 Å². The molecule has 1 aromatic rings.